The van der Waals surface area contributed by atoms with Crippen LogP contribution in [0.25, 0.3) is 0 Å². The van der Waals surface area contributed by atoms with Crippen molar-refractivity contribution in [3.05, 3.63) is 57.3 Å². The van der Waals surface area contributed by atoms with E-state index in [2.05, 4.69) is 26.8 Å². The summed E-state index contributed by atoms with van der Waals surface area (Å²) in [6.07, 6.45) is 0.915. The summed E-state index contributed by atoms with van der Waals surface area (Å²) in [6.45, 7) is 6.31. The SMILES string of the molecule is CCc1ccc(C(=O)C(C#N)c2ccc(C(C)C)cc2)s1. The van der Waals surface area contributed by atoms with Gasteiger partial charge in [-0.2, -0.15) is 5.26 Å². The average Bonchev–Trinajstić information content (AvgIpc) is 2.97. The number of thiophene rings is 1. The van der Waals surface area contributed by atoms with E-state index in [9.17, 15) is 10.1 Å². The lowest BCUT2D eigenvalue weighted by Gasteiger charge is -2.10. The maximum Gasteiger partial charge on any atom is 0.194 e. The smallest absolute Gasteiger partial charge is 0.194 e. The van der Waals surface area contributed by atoms with Crippen molar-refractivity contribution in [2.75, 3.05) is 0 Å². The van der Waals surface area contributed by atoms with Gasteiger partial charge in [0.2, 0.25) is 0 Å². The van der Waals surface area contributed by atoms with Crippen LogP contribution in [0.15, 0.2) is 36.4 Å². The second-order valence-electron chi connectivity index (χ2n) is 5.37. The molecular weight excluding hydrogens is 278 g/mol. The highest BCUT2D eigenvalue weighted by molar-refractivity contribution is 7.14. The number of nitriles is 1. The molecule has 1 heterocycles. The number of Topliss-reactive ketones (excluding diaryl/α,β-unsaturated/α-hetero) is 1. The van der Waals surface area contributed by atoms with Crippen LogP contribution in [0.4, 0.5) is 0 Å². The molecule has 0 N–H and O–H groups in total. The first-order chi connectivity index (χ1) is 10.1. The average molecular weight is 297 g/mol. The van der Waals surface area contributed by atoms with Crippen LogP contribution in [-0.4, -0.2) is 5.78 Å². The monoisotopic (exact) mass is 297 g/mol. The number of ketones is 1. The summed E-state index contributed by atoms with van der Waals surface area (Å²) in [7, 11) is 0. The molecule has 2 aromatic rings. The van der Waals surface area contributed by atoms with Gasteiger partial charge in [-0.3, -0.25) is 4.79 Å². The highest BCUT2D eigenvalue weighted by atomic mass is 32.1. The molecule has 1 aromatic carbocycles. The summed E-state index contributed by atoms with van der Waals surface area (Å²) < 4.78 is 0. The van der Waals surface area contributed by atoms with E-state index in [1.165, 1.54) is 21.8 Å². The van der Waals surface area contributed by atoms with Crippen LogP contribution in [0.1, 0.15) is 58.3 Å². The minimum absolute atomic E-state index is 0.0977. The van der Waals surface area contributed by atoms with Crippen molar-refractivity contribution in [3.8, 4) is 6.07 Å². The fraction of sp³-hybridized carbons (Fsp3) is 0.333. The molecule has 0 spiro atoms. The molecular formula is C18H19NOS. The minimum Gasteiger partial charge on any atom is -0.291 e. The van der Waals surface area contributed by atoms with Gasteiger partial charge in [0.1, 0.15) is 5.92 Å². The predicted octanol–water partition coefficient (Wildman–Crippen LogP) is 4.92. The van der Waals surface area contributed by atoms with Gasteiger partial charge >= 0.3 is 0 Å². The Morgan fingerprint density at radius 3 is 2.24 bits per heavy atom. The zero-order chi connectivity index (χ0) is 15.4. The van der Waals surface area contributed by atoms with Gasteiger partial charge < -0.3 is 0 Å². The number of nitrogens with zero attached hydrogens (tertiary/aromatic N) is 1. The third kappa shape index (κ3) is 3.40. The number of aryl methyl sites for hydroxylation is 1. The number of rotatable bonds is 5. The Morgan fingerprint density at radius 2 is 1.76 bits per heavy atom. The second kappa shape index (κ2) is 6.69. The summed E-state index contributed by atoms with van der Waals surface area (Å²) in [5, 5.41) is 9.39. The van der Waals surface area contributed by atoms with Crippen molar-refractivity contribution >= 4 is 17.1 Å². The number of carbonyl (C=O) groups excluding carboxylic acids is 1. The topological polar surface area (TPSA) is 40.9 Å². The Balaban J connectivity index is 2.26. The maximum absolute atomic E-state index is 12.5. The van der Waals surface area contributed by atoms with Crippen molar-refractivity contribution in [2.24, 2.45) is 0 Å². The molecule has 0 fully saturated rings. The molecule has 3 heteroatoms. The van der Waals surface area contributed by atoms with Gasteiger partial charge in [0.05, 0.1) is 10.9 Å². The van der Waals surface area contributed by atoms with E-state index in [1.54, 1.807) is 0 Å². The van der Waals surface area contributed by atoms with Gasteiger partial charge in [0, 0.05) is 4.88 Å². The molecule has 1 unspecified atom stereocenters. The lowest BCUT2D eigenvalue weighted by atomic mass is 9.92. The van der Waals surface area contributed by atoms with E-state index in [-0.39, 0.29) is 5.78 Å². The van der Waals surface area contributed by atoms with Crippen molar-refractivity contribution < 1.29 is 4.79 Å². The van der Waals surface area contributed by atoms with Crippen molar-refractivity contribution in [1.82, 2.24) is 0 Å². The van der Waals surface area contributed by atoms with Crippen LogP contribution in [0.2, 0.25) is 0 Å². The molecule has 108 valence electrons. The fourth-order valence-corrected chi connectivity index (χ4v) is 3.12. The van der Waals surface area contributed by atoms with Crippen LogP contribution in [0.5, 0.6) is 0 Å². The Morgan fingerprint density at radius 1 is 1.14 bits per heavy atom. The summed E-state index contributed by atoms with van der Waals surface area (Å²) >= 11 is 1.49. The van der Waals surface area contributed by atoms with Crippen LogP contribution in [-0.2, 0) is 6.42 Å². The Hall–Kier alpha value is -1.92. The molecule has 0 saturated carbocycles. The molecule has 0 aliphatic heterocycles. The first-order valence-corrected chi connectivity index (χ1v) is 8.00. The zero-order valence-electron chi connectivity index (χ0n) is 12.6. The van der Waals surface area contributed by atoms with Crippen LogP contribution >= 0.6 is 11.3 Å². The first-order valence-electron chi connectivity index (χ1n) is 7.19. The van der Waals surface area contributed by atoms with E-state index in [0.29, 0.717) is 10.8 Å². The van der Waals surface area contributed by atoms with E-state index in [0.717, 1.165) is 12.0 Å². The van der Waals surface area contributed by atoms with Crippen molar-refractivity contribution in [1.29, 1.82) is 5.26 Å². The second-order valence-corrected chi connectivity index (χ2v) is 6.54. The molecule has 0 amide bonds. The standard InChI is InChI=1S/C18H19NOS/c1-4-15-9-10-17(21-15)18(20)16(11-19)14-7-5-13(6-8-14)12(2)3/h5-10,12,16H,4H2,1-3H3. The highest BCUT2D eigenvalue weighted by Gasteiger charge is 2.23. The molecule has 1 aromatic heterocycles. The molecule has 0 saturated heterocycles. The number of hydrogen-bond acceptors (Lipinski definition) is 3. The molecule has 0 bridgehead atoms. The van der Waals surface area contributed by atoms with Gasteiger partial charge in [0.25, 0.3) is 0 Å². The number of carbonyl (C=O) groups is 1. The molecule has 0 aliphatic rings. The fourth-order valence-electron chi connectivity index (χ4n) is 2.20. The normalized spacial score (nSPS) is 12.1. The summed E-state index contributed by atoms with van der Waals surface area (Å²) in [5.74, 6) is -0.367. The Bertz CT molecular complexity index is 661. The third-order valence-electron chi connectivity index (χ3n) is 3.58. The third-order valence-corrected chi connectivity index (χ3v) is 4.82. The molecule has 0 radical (unpaired) electrons. The van der Waals surface area contributed by atoms with Crippen molar-refractivity contribution in [3.63, 3.8) is 0 Å². The lowest BCUT2D eigenvalue weighted by Crippen LogP contribution is -2.09. The molecule has 1 atom stereocenters. The van der Waals surface area contributed by atoms with E-state index in [4.69, 9.17) is 0 Å². The largest absolute Gasteiger partial charge is 0.291 e. The number of benzene rings is 1. The van der Waals surface area contributed by atoms with Gasteiger partial charge in [-0.1, -0.05) is 45.0 Å². The summed E-state index contributed by atoms with van der Waals surface area (Å²) in [4.78, 5) is 14.4. The first kappa shape index (κ1) is 15.5. The van der Waals surface area contributed by atoms with Crippen LogP contribution in [0, 0.1) is 11.3 Å². The van der Waals surface area contributed by atoms with Crippen LogP contribution in [0.3, 0.4) is 0 Å². The van der Waals surface area contributed by atoms with Gasteiger partial charge in [0.15, 0.2) is 5.78 Å². The van der Waals surface area contributed by atoms with Gasteiger partial charge in [-0.05, 0) is 35.6 Å². The van der Waals surface area contributed by atoms with E-state index >= 15 is 0 Å². The quantitative estimate of drug-likeness (QED) is 0.735. The Labute approximate surface area is 130 Å². The molecule has 2 rings (SSSR count). The van der Waals surface area contributed by atoms with Crippen molar-refractivity contribution in [2.45, 2.75) is 39.0 Å². The van der Waals surface area contributed by atoms with E-state index in [1.807, 2.05) is 36.4 Å². The summed E-state index contributed by atoms with van der Waals surface area (Å²) in [5.41, 5.74) is 1.99. The van der Waals surface area contributed by atoms with Crippen LogP contribution < -0.4 is 0 Å². The molecule has 0 aliphatic carbocycles. The molecule has 21 heavy (non-hydrogen) atoms. The lowest BCUT2D eigenvalue weighted by molar-refractivity contribution is 0.0983. The maximum atomic E-state index is 12.5. The zero-order valence-corrected chi connectivity index (χ0v) is 13.4. The minimum atomic E-state index is -0.713. The predicted molar refractivity (Wildman–Crippen MR) is 86.9 cm³/mol. The number of hydrogen-bond donors (Lipinski definition) is 0. The highest BCUT2D eigenvalue weighted by Crippen LogP contribution is 2.26. The Kier molecular flexibility index (Phi) is 4.93. The van der Waals surface area contributed by atoms with Gasteiger partial charge in [-0.25, -0.2) is 0 Å². The van der Waals surface area contributed by atoms with E-state index < -0.39 is 5.92 Å². The summed E-state index contributed by atoms with van der Waals surface area (Å²) in [6, 6.07) is 13.8. The molecule has 2 nitrogen and oxygen atoms in total. The van der Waals surface area contributed by atoms with Gasteiger partial charge in [-0.15, -0.1) is 11.3 Å².